The van der Waals surface area contributed by atoms with Crippen molar-refractivity contribution in [2.75, 3.05) is 32.1 Å². The van der Waals surface area contributed by atoms with Crippen molar-refractivity contribution < 1.29 is 14.3 Å². The number of amides is 1. The van der Waals surface area contributed by atoms with E-state index in [2.05, 4.69) is 15.6 Å². The van der Waals surface area contributed by atoms with E-state index in [0.717, 1.165) is 16.0 Å². The molecule has 1 aromatic carbocycles. The highest BCUT2D eigenvalue weighted by atomic mass is 32.1. The lowest BCUT2D eigenvalue weighted by atomic mass is 10.3. The highest BCUT2D eigenvalue weighted by Crippen LogP contribution is 2.37. The zero-order valence-corrected chi connectivity index (χ0v) is 11.2. The van der Waals surface area contributed by atoms with E-state index >= 15 is 0 Å². The fourth-order valence-electron chi connectivity index (χ4n) is 1.84. The molecule has 0 radical (unpaired) electrons. The Kier molecular flexibility index (Phi) is 3.22. The maximum atomic E-state index is 11.5. The molecule has 0 unspecified atom stereocenters. The smallest absolute Gasteiger partial charge is 0.240 e. The number of benzene rings is 1. The van der Waals surface area contributed by atoms with Crippen LogP contribution in [-0.2, 0) is 4.79 Å². The summed E-state index contributed by atoms with van der Waals surface area (Å²) in [6.07, 6.45) is 0. The van der Waals surface area contributed by atoms with Crippen LogP contribution in [0.3, 0.4) is 0 Å². The molecule has 1 amide bonds. The van der Waals surface area contributed by atoms with Gasteiger partial charge in [-0.2, -0.15) is 0 Å². The molecule has 2 N–H and O–H groups in total. The number of hydrogen-bond acceptors (Lipinski definition) is 6. The van der Waals surface area contributed by atoms with E-state index in [1.54, 1.807) is 7.05 Å². The monoisotopic (exact) mass is 279 g/mol. The van der Waals surface area contributed by atoms with Gasteiger partial charge < -0.3 is 20.1 Å². The molecule has 2 heterocycles. The molecule has 0 bridgehead atoms. The van der Waals surface area contributed by atoms with Crippen LogP contribution in [0.15, 0.2) is 12.1 Å². The number of anilines is 1. The predicted molar refractivity (Wildman–Crippen MR) is 73.2 cm³/mol. The number of carbonyl (C=O) groups is 1. The third-order valence-electron chi connectivity index (χ3n) is 2.64. The molecule has 0 spiro atoms. The third-order valence-corrected chi connectivity index (χ3v) is 3.57. The van der Waals surface area contributed by atoms with Gasteiger partial charge in [-0.1, -0.05) is 11.3 Å². The fourth-order valence-corrected chi connectivity index (χ4v) is 2.73. The van der Waals surface area contributed by atoms with Crippen molar-refractivity contribution in [1.82, 2.24) is 10.3 Å². The summed E-state index contributed by atoms with van der Waals surface area (Å²) in [5.74, 6) is 1.33. The minimum absolute atomic E-state index is 0.112. The zero-order valence-electron chi connectivity index (χ0n) is 10.4. The number of nitrogens with zero attached hydrogens (tertiary/aromatic N) is 1. The van der Waals surface area contributed by atoms with Crippen LogP contribution in [0.5, 0.6) is 11.5 Å². The average molecular weight is 279 g/mol. The first kappa shape index (κ1) is 12.2. The van der Waals surface area contributed by atoms with Gasteiger partial charge in [0.2, 0.25) is 5.91 Å². The van der Waals surface area contributed by atoms with Crippen LogP contribution in [0, 0.1) is 0 Å². The molecule has 0 fully saturated rings. The fraction of sp³-hybridized carbons (Fsp3) is 0.333. The number of rotatable bonds is 3. The van der Waals surface area contributed by atoms with Gasteiger partial charge >= 0.3 is 0 Å². The van der Waals surface area contributed by atoms with Crippen molar-refractivity contribution in [1.29, 1.82) is 0 Å². The molecule has 0 saturated heterocycles. The molecule has 7 heteroatoms. The maximum absolute atomic E-state index is 11.5. The van der Waals surface area contributed by atoms with Gasteiger partial charge in [-0.25, -0.2) is 4.98 Å². The number of aromatic nitrogens is 1. The van der Waals surface area contributed by atoms with Gasteiger partial charge in [0.1, 0.15) is 13.2 Å². The van der Waals surface area contributed by atoms with Gasteiger partial charge in [0, 0.05) is 12.1 Å². The Hall–Kier alpha value is -1.86. The molecule has 0 aliphatic carbocycles. The Balaban J connectivity index is 1.90. The normalized spacial score (nSPS) is 13.5. The van der Waals surface area contributed by atoms with Crippen LogP contribution >= 0.6 is 11.3 Å². The first-order chi connectivity index (χ1) is 9.26. The lowest BCUT2D eigenvalue weighted by Gasteiger charge is -2.17. The second kappa shape index (κ2) is 5.02. The largest absolute Gasteiger partial charge is 0.486 e. The molecule has 1 aliphatic heterocycles. The maximum Gasteiger partial charge on any atom is 0.240 e. The van der Waals surface area contributed by atoms with Crippen molar-refractivity contribution >= 4 is 32.6 Å². The second-order valence-corrected chi connectivity index (χ2v) is 5.09. The number of fused-ring (bicyclic) bond motifs is 2. The molecular weight excluding hydrogens is 266 g/mol. The summed E-state index contributed by atoms with van der Waals surface area (Å²) in [7, 11) is 1.72. The molecule has 1 aliphatic rings. The molecule has 2 aromatic rings. The molecule has 0 atom stereocenters. The quantitative estimate of drug-likeness (QED) is 0.884. The minimum Gasteiger partial charge on any atom is -0.486 e. The van der Waals surface area contributed by atoms with Crippen LogP contribution in [0.2, 0.25) is 0 Å². The predicted octanol–water partition coefficient (Wildman–Crippen LogP) is 1.23. The first-order valence-electron chi connectivity index (χ1n) is 5.91. The first-order valence-corrected chi connectivity index (χ1v) is 6.72. The Bertz CT molecular complexity index is 583. The summed E-state index contributed by atoms with van der Waals surface area (Å²) in [4.78, 5) is 15.9. The number of thiazole rings is 1. The van der Waals surface area contributed by atoms with Crippen molar-refractivity contribution in [2.45, 2.75) is 0 Å². The van der Waals surface area contributed by atoms with E-state index in [4.69, 9.17) is 9.47 Å². The summed E-state index contributed by atoms with van der Waals surface area (Å²) < 4.78 is 12.0. The molecule has 0 saturated carbocycles. The lowest BCUT2D eigenvalue weighted by molar-refractivity contribution is -0.115. The number of likely N-dealkylation sites (N-methyl/N-ethyl adjacent to an activating group) is 1. The van der Waals surface area contributed by atoms with E-state index in [0.29, 0.717) is 24.1 Å². The van der Waals surface area contributed by atoms with E-state index in [1.807, 2.05) is 12.1 Å². The summed E-state index contributed by atoms with van der Waals surface area (Å²) in [5, 5.41) is 6.12. The Morgan fingerprint density at radius 1 is 1.37 bits per heavy atom. The van der Waals surface area contributed by atoms with Crippen molar-refractivity contribution in [3.8, 4) is 11.5 Å². The van der Waals surface area contributed by atoms with Gasteiger partial charge in [-0.05, 0) is 7.05 Å². The molecule has 1 aromatic heterocycles. The number of hydrogen-bond donors (Lipinski definition) is 2. The van der Waals surface area contributed by atoms with Crippen molar-refractivity contribution in [3.63, 3.8) is 0 Å². The average Bonchev–Trinajstić information content (AvgIpc) is 2.77. The molecule has 6 nitrogen and oxygen atoms in total. The van der Waals surface area contributed by atoms with Crippen LogP contribution in [0.4, 0.5) is 5.13 Å². The highest BCUT2D eigenvalue weighted by Gasteiger charge is 2.15. The SMILES string of the molecule is CNCC(=O)Nc1nc2cc3c(cc2s1)OCCO3. The Labute approximate surface area is 113 Å². The summed E-state index contributed by atoms with van der Waals surface area (Å²) >= 11 is 1.42. The van der Waals surface area contributed by atoms with Gasteiger partial charge in [0.05, 0.1) is 16.8 Å². The van der Waals surface area contributed by atoms with Crippen molar-refractivity contribution in [3.05, 3.63) is 12.1 Å². The number of nitrogens with one attached hydrogen (secondary N) is 2. The number of ether oxygens (including phenoxy) is 2. The number of carbonyl (C=O) groups excluding carboxylic acids is 1. The van der Waals surface area contributed by atoms with Gasteiger partial charge in [0.25, 0.3) is 0 Å². The third kappa shape index (κ3) is 2.47. The molecule has 3 rings (SSSR count). The summed E-state index contributed by atoms with van der Waals surface area (Å²) in [5.41, 5.74) is 0.800. The zero-order chi connectivity index (χ0) is 13.2. The summed E-state index contributed by atoms with van der Waals surface area (Å²) in [6.45, 7) is 1.37. The van der Waals surface area contributed by atoms with Crippen LogP contribution in [0.1, 0.15) is 0 Å². The lowest BCUT2D eigenvalue weighted by Crippen LogP contribution is -2.24. The van der Waals surface area contributed by atoms with Gasteiger partial charge in [0.15, 0.2) is 16.6 Å². The Morgan fingerprint density at radius 3 is 2.84 bits per heavy atom. The molecular formula is C12H13N3O3S. The Morgan fingerprint density at radius 2 is 2.11 bits per heavy atom. The molecule has 100 valence electrons. The van der Waals surface area contributed by atoms with Crippen LogP contribution < -0.4 is 20.1 Å². The van der Waals surface area contributed by atoms with E-state index < -0.39 is 0 Å². The van der Waals surface area contributed by atoms with Gasteiger partial charge in [-0.3, -0.25) is 4.79 Å². The van der Waals surface area contributed by atoms with E-state index in [9.17, 15) is 4.79 Å². The highest BCUT2D eigenvalue weighted by molar-refractivity contribution is 7.22. The molecule has 19 heavy (non-hydrogen) atoms. The standard InChI is InChI=1S/C12H13N3O3S/c1-13-6-11(16)15-12-14-7-4-8-9(5-10(7)19-12)18-3-2-17-8/h4-5,13H,2-3,6H2,1H3,(H,14,15,16). The second-order valence-electron chi connectivity index (χ2n) is 4.06. The van der Waals surface area contributed by atoms with Crippen LogP contribution in [-0.4, -0.2) is 37.7 Å². The van der Waals surface area contributed by atoms with E-state index in [1.165, 1.54) is 11.3 Å². The van der Waals surface area contributed by atoms with Crippen molar-refractivity contribution in [2.24, 2.45) is 0 Å². The minimum atomic E-state index is -0.112. The van der Waals surface area contributed by atoms with E-state index in [-0.39, 0.29) is 12.5 Å². The van der Waals surface area contributed by atoms with Gasteiger partial charge in [-0.15, -0.1) is 0 Å². The summed E-state index contributed by atoms with van der Waals surface area (Å²) in [6, 6.07) is 3.74. The topological polar surface area (TPSA) is 72.5 Å². The van der Waals surface area contributed by atoms with Crippen LogP contribution in [0.25, 0.3) is 10.2 Å².